The van der Waals surface area contributed by atoms with Crippen LogP contribution in [0.5, 0.6) is 5.19 Å². The number of aromatic nitrogens is 1. The predicted octanol–water partition coefficient (Wildman–Crippen LogP) is 4.53. The topological polar surface area (TPSA) is 22.1 Å². The Kier molecular flexibility index (Phi) is 3.17. The van der Waals surface area contributed by atoms with Gasteiger partial charge in [-0.05, 0) is 29.8 Å². The minimum absolute atomic E-state index is 0.486. The molecule has 0 radical (unpaired) electrons. The highest BCUT2D eigenvalue weighted by molar-refractivity contribution is 7.20. The van der Waals surface area contributed by atoms with Crippen LogP contribution >= 0.6 is 22.9 Å². The second-order valence-corrected chi connectivity index (χ2v) is 5.30. The summed E-state index contributed by atoms with van der Waals surface area (Å²) in [5.41, 5.74) is 2.02. The standard InChI is InChI=1S/C14H10ClNOS/c15-11-5-3-4-10(8-11)9-17-14-16-12-6-1-2-7-13(12)18-14/h1-8H,9H2. The minimum Gasteiger partial charge on any atom is -0.465 e. The molecule has 0 unspecified atom stereocenters. The van der Waals surface area contributed by atoms with E-state index >= 15 is 0 Å². The van der Waals surface area contributed by atoms with Crippen molar-refractivity contribution in [1.82, 2.24) is 4.98 Å². The summed E-state index contributed by atoms with van der Waals surface area (Å²) in [7, 11) is 0. The van der Waals surface area contributed by atoms with Crippen LogP contribution in [0, 0.1) is 0 Å². The van der Waals surface area contributed by atoms with Crippen LogP contribution in [0.2, 0.25) is 5.02 Å². The van der Waals surface area contributed by atoms with Crippen molar-refractivity contribution in [1.29, 1.82) is 0 Å². The molecule has 0 spiro atoms. The molecule has 18 heavy (non-hydrogen) atoms. The van der Waals surface area contributed by atoms with Gasteiger partial charge in [-0.25, -0.2) is 4.98 Å². The highest BCUT2D eigenvalue weighted by Gasteiger charge is 2.04. The van der Waals surface area contributed by atoms with E-state index in [0.29, 0.717) is 11.8 Å². The van der Waals surface area contributed by atoms with E-state index in [2.05, 4.69) is 4.98 Å². The summed E-state index contributed by atoms with van der Waals surface area (Å²) >= 11 is 7.48. The van der Waals surface area contributed by atoms with Crippen molar-refractivity contribution in [3.05, 3.63) is 59.1 Å². The fraction of sp³-hybridized carbons (Fsp3) is 0.0714. The van der Waals surface area contributed by atoms with E-state index < -0.39 is 0 Å². The largest absolute Gasteiger partial charge is 0.465 e. The molecule has 2 aromatic carbocycles. The number of hydrogen-bond donors (Lipinski definition) is 0. The number of hydrogen-bond acceptors (Lipinski definition) is 3. The Morgan fingerprint density at radius 3 is 2.83 bits per heavy atom. The van der Waals surface area contributed by atoms with E-state index in [9.17, 15) is 0 Å². The summed E-state index contributed by atoms with van der Waals surface area (Å²) in [5.74, 6) is 0. The third-order valence-corrected chi connectivity index (χ3v) is 3.71. The lowest BCUT2D eigenvalue weighted by molar-refractivity contribution is 0.305. The van der Waals surface area contributed by atoms with Crippen LogP contribution in [0.25, 0.3) is 10.2 Å². The van der Waals surface area contributed by atoms with E-state index in [-0.39, 0.29) is 0 Å². The number of fused-ring (bicyclic) bond motifs is 1. The third-order valence-electron chi connectivity index (χ3n) is 2.53. The molecule has 0 saturated carbocycles. The van der Waals surface area contributed by atoms with E-state index in [1.807, 2.05) is 48.5 Å². The van der Waals surface area contributed by atoms with Gasteiger partial charge >= 0.3 is 0 Å². The normalized spacial score (nSPS) is 10.7. The summed E-state index contributed by atoms with van der Waals surface area (Å²) in [6, 6.07) is 15.7. The van der Waals surface area contributed by atoms with Crippen LogP contribution in [0.3, 0.4) is 0 Å². The first-order valence-electron chi connectivity index (χ1n) is 5.54. The van der Waals surface area contributed by atoms with Crippen molar-refractivity contribution in [2.45, 2.75) is 6.61 Å². The summed E-state index contributed by atoms with van der Waals surface area (Å²) in [6.07, 6.45) is 0. The minimum atomic E-state index is 0.486. The highest BCUT2D eigenvalue weighted by Crippen LogP contribution is 2.27. The number of para-hydroxylation sites is 1. The molecule has 3 rings (SSSR count). The monoisotopic (exact) mass is 275 g/mol. The summed E-state index contributed by atoms with van der Waals surface area (Å²) in [5, 5.41) is 1.41. The van der Waals surface area contributed by atoms with E-state index in [4.69, 9.17) is 16.3 Å². The van der Waals surface area contributed by atoms with Gasteiger partial charge in [-0.2, -0.15) is 0 Å². The molecule has 90 valence electrons. The maximum Gasteiger partial charge on any atom is 0.274 e. The van der Waals surface area contributed by atoms with Gasteiger partial charge in [-0.3, -0.25) is 0 Å². The van der Waals surface area contributed by atoms with Gasteiger partial charge in [0.15, 0.2) is 0 Å². The number of halogens is 1. The second-order valence-electron chi connectivity index (χ2n) is 3.87. The van der Waals surface area contributed by atoms with Crippen LogP contribution in [-0.4, -0.2) is 4.98 Å². The predicted molar refractivity (Wildman–Crippen MR) is 75.4 cm³/mol. The van der Waals surface area contributed by atoms with E-state index in [1.165, 1.54) is 0 Å². The average molecular weight is 276 g/mol. The highest BCUT2D eigenvalue weighted by atomic mass is 35.5. The SMILES string of the molecule is Clc1cccc(COc2nc3ccccc3s2)c1. The molecule has 3 aromatic rings. The van der Waals surface area contributed by atoms with Gasteiger partial charge in [0.25, 0.3) is 5.19 Å². The Morgan fingerprint density at radius 2 is 2.00 bits per heavy atom. The first-order chi connectivity index (χ1) is 8.81. The molecule has 2 nitrogen and oxygen atoms in total. The maximum atomic E-state index is 5.92. The lowest BCUT2D eigenvalue weighted by atomic mass is 10.2. The molecule has 0 amide bonds. The van der Waals surface area contributed by atoms with Gasteiger partial charge in [0.2, 0.25) is 0 Å². The fourth-order valence-electron chi connectivity index (χ4n) is 1.68. The average Bonchev–Trinajstić information content (AvgIpc) is 2.79. The van der Waals surface area contributed by atoms with Gasteiger partial charge < -0.3 is 4.74 Å². The van der Waals surface area contributed by atoms with Crippen molar-refractivity contribution in [2.75, 3.05) is 0 Å². The molecular weight excluding hydrogens is 266 g/mol. The zero-order valence-corrected chi connectivity index (χ0v) is 11.0. The van der Waals surface area contributed by atoms with E-state index in [1.54, 1.807) is 11.3 Å². The molecule has 1 aromatic heterocycles. The molecule has 1 heterocycles. The number of thiazole rings is 1. The Hall–Kier alpha value is -1.58. The van der Waals surface area contributed by atoms with Gasteiger partial charge in [0.05, 0.1) is 10.2 Å². The number of rotatable bonds is 3. The maximum absolute atomic E-state index is 5.92. The van der Waals surface area contributed by atoms with Crippen molar-refractivity contribution in [2.24, 2.45) is 0 Å². The zero-order chi connectivity index (χ0) is 12.4. The van der Waals surface area contributed by atoms with Crippen LogP contribution < -0.4 is 4.74 Å². The Balaban J connectivity index is 1.76. The smallest absolute Gasteiger partial charge is 0.274 e. The zero-order valence-electron chi connectivity index (χ0n) is 9.47. The molecule has 0 aliphatic carbocycles. The molecule has 0 atom stereocenters. The van der Waals surface area contributed by atoms with E-state index in [0.717, 1.165) is 20.8 Å². The van der Waals surface area contributed by atoms with Gasteiger partial charge in [-0.1, -0.05) is 47.2 Å². The molecule has 0 aliphatic rings. The van der Waals surface area contributed by atoms with Crippen LogP contribution in [-0.2, 0) is 6.61 Å². The van der Waals surface area contributed by atoms with Crippen LogP contribution in [0.4, 0.5) is 0 Å². The van der Waals surface area contributed by atoms with Crippen molar-refractivity contribution >= 4 is 33.2 Å². The molecule has 0 aliphatic heterocycles. The molecular formula is C14H10ClNOS. The molecule has 0 saturated heterocycles. The molecule has 4 heteroatoms. The number of nitrogens with zero attached hydrogens (tertiary/aromatic N) is 1. The number of benzene rings is 2. The van der Waals surface area contributed by atoms with Crippen molar-refractivity contribution in [3.63, 3.8) is 0 Å². The first-order valence-corrected chi connectivity index (χ1v) is 6.73. The number of ether oxygens (including phenoxy) is 1. The van der Waals surface area contributed by atoms with Gasteiger partial charge in [0.1, 0.15) is 6.61 Å². The third kappa shape index (κ3) is 2.47. The van der Waals surface area contributed by atoms with Crippen molar-refractivity contribution in [3.8, 4) is 5.19 Å². The lowest BCUT2D eigenvalue weighted by Gasteiger charge is -2.02. The molecule has 0 fully saturated rings. The summed E-state index contributed by atoms with van der Waals surface area (Å²) in [4.78, 5) is 4.41. The first kappa shape index (κ1) is 11.5. The van der Waals surface area contributed by atoms with Gasteiger partial charge in [0, 0.05) is 5.02 Å². The molecule has 0 N–H and O–H groups in total. The quantitative estimate of drug-likeness (QED) is 0.701. The summed E-state index contributed by atoms with van der Waals surface area (Å²) in [6.45, 7) is 0.486. The summed E-state index contributed by atoms with van der Waals surface area (Å²) < 4.78 is 6.82. The van der Waals surface area contributed by atoms with Crippen molar-refractivity contribution < 1.29 is 4.74 Å². The Bertz CT molecular complexity index is 647. The lowest BCUT2D eigenvalue weighted by Crippen LogP contribution is -1.94. The second kappa shape index (κ2) is 4.96. The van der Waals surface area contributed by atoms with Crippen LogP contribution in [0.1, 0.15) is 5.56 Å². The fourth-order valence-corrected chi connectivity index (χ4v) is 2.71. The van der Waals surface area contributed by atoms with Crippen LogP contribution in [0.15, 0.2) is 48.5 Å². The Morgan fingerprint density at radius 1 is 1.11 bits per heavy atom. The molecule has 0 bridgehead atoms. The van der Waals surface area contributed by atoms with Gasteiger partial charge in [-0.15, -0.1) is 0 Å². The Labute approximate surface area is 114 Å².